The molecule has 0 aliphatic carbocycles. The standard InChI is InChI=1S/C19H23NO4/c1-20(2)9-10-24-18-7-5-14(11-15(18)13-21)17-12-16(22-3)6-8-19(17)23-4/h5-8,11-13H,9-10H2,1-4H3. The fourth-order valence-electron chi connectivity index (χ4n) is 2.32. The van der Waals surface area contributed by atoms with Crippen LogP contribution >= 0.6 is 0 Å². The summed E-state index contributed by atoms with van der Waals surface area (Å²) in [6, 6.07) is 11.1. The molecular formula is C19H23NO4. The minimum atomic E-state index is 0.510. The van der Waals surface area contributed by atoms with Crippen LogP contribution in [0.3, 0.4) is 0 Å². The Morgan fingerprint density at radius 3 is 2.38 bits per heavy atom. The molecule has 0 amide bonds. The molecule has 0 aliphatic heterocycles. The van der Waals surface area contributed by atoms with Crippen molar-refractivity contribution in [1.29, 1.82) is 0 Å². The molecule has 0 N–H and O–H groups in total. The van der Waals surface area contributed by atoms with Gasteiger partial charge in [-0.3, -0.25) is 4.79 Å². The van der Waals surface area contributed by atoms with Crippen LogP contribution in [0.25, 0.3) is 11.1 Å². The molecule has 0 heterocycles. The third-order valence-corrected chi connectivity index (χ3v) is 3.65. The number of likely N-dealkylation sites (N-methyl/N-ethyl adjacent to an activating group) is 1. The number of nitrogens with zero attached hydrogens (tertiary/aromatic N) is 1. The molecule has 0 unspecified atom stereocenters. The molecule has 0 saturated carbocycles. The number of rotatable bonds is 8. The summed E-state index contributed by atoms with van der Waals surface area (Å²) < 4.78 is 16.4. The number of hydrogen-bond donors (Lipinski definition) is 0. The van der Waals surface area contributed by atoms with E-state index in [2.05, 4.69) is 0 Å². The highest BCUT2D eigenvalue weighted by molar-refractivity contribution is 5.84. The van der Waals surface area contributed by atoms with Gasteiger partial charge >= 0.3 is 0 Å². The molecule has 0 radical (unpaired) electrons. The van der Waals surface area contributed by atoms with Gasteiger partial charge in [0.15, 0.2) is 6.29 Å². The minimum absolute atomic E-state index is 0.510. The van der Waals surface area contributed by atoms with E-state index in [0.29, 0.717) is 23.7 Å². The number of methoxy groups -OCH3 is 2. The molecule has 0 bridgehead atoms. The first-order chi connectivity index (χ1) is 11.6. The molecule has 24 heavy (non-hydrogen) atoms. The maximum Gasteiger partial charge on any atom is 0.153 e. The van der Waals surface area contributed by atoms with Crippen molar-refractivity contribution in [1.82, 2.24) is 4.90 Å². The predicted octanol–water partition coefficient (Wildman–Crippen LogP) is 3.12. The van der Waals surface area contributed by atoms with Gasteiger partial charge < -0.3 is 19.1 Å². The smallest absolute Gasteiger partial charge is 0.153 e. The SMILES string of the molecule is COc1ccc(OC)c(-c2ccc(OCCN(C)C)c(C=O)c2)c1. The van der Waals surface area contributed by atoms with Gasteiger partial charge in [-0.15, -0.1) is 0 Å². The Hall–Kier alpha value is -2.53. The lowest BCUT2D eigenvalue weighted by Crippen LogP contribution is -2.19. The Bertz CT molecular complexity index is 698. The highest BCUT2D eigenvalue weighted by Crippen LogP contribution is 2.35. The van der Waals surface area contributed by atoms with E-state index in [1.807, 2.05) is 49.3 Å². The quantitative estimate of drug-likeness (QED) is 0.697. The molecule has 0 atom stereocenters. The van der Waals surface area contributed by atoms with Crippen LogP contribution in [-0.2, 0) is 0 Å². The van der Waals surface area contributed by atoms with E-state index in [4.69, 9.17) is 14.2 Å². The summed E-state index contributed by atoms with van der Waals surface area (Å²) in [5.74, 6) is 2.02. The van der Waals surface area contributed by atoms with Crippen LogP contribution in [0, 0.1) is 0 Å². The van der Waals surface area contributed by atoms with E-state index in [1.165, 1.54) is 0 Å². The number of carbonyl (C=O) groups is 1. The number of hydrogen-bond acceptors (Lipinski definition) is 5. The van der Waals surface area contributed by atoms with E-state index in [0.717, 1.165) is 29.7 Å². The van der Waals surface area contributed by atoms with Gasteiger partial charge in [-0.1, -0.05) is 6.07 Å². The van der Waals surface area contributed by atoms with Crippen LogP contribution in [0.1, 0.15) is 10.4 Å². The van der Waals surface area contributed by atoms with Crippen LogP contribution in [0.5, 0.6) is 17.2 Å². The normalized spacial score (nSPS) is 10.5. The van der Waals surface area contributed by atoms with Crippen molar-refractivity contribution in [3.05, 3.63) is 42.0 Å². The summed E-state index contributed by atoms with van der Waals surface area (Å²) in [5, 5.41) is 0. The number of aldehydes is 1. The summed E-state index contributed by atoms with van der Waals surface area (Å²) in [5.41, 5.74) is 2.24. The molecule has 2 rings (SSSR count). The van der Waals surface area contributed by atoms with E-state index in [-0.39, 0.29) is 0 Å². The topological polar surface area (TPSA) is 48.0 Å². The Morgan fingerprint density at radius 2 is 1.75 bits per heavy atom. The third kappa shape index (κ3) is 4.26. The molecule has 0 saturated heterocycles. The summed E-state index contributed by atoms with van der Waals surface area (Å²) in [6.45, 7) is 1.30. The maximum absolute atomic E-state index is 11.4. The van der Waals surface area contributed by atoms with Crippen LogP contribution < -0.4 is 14.2 Å². The number of carbonyl (C=O) groups excluding carboxylic acids is 1. The molecule has 0 spiro atoms. The average molecular weight is 329 g/mol. The molecule has 0 aliphatic rings. The van der Waals surface area contributed by atoms with Crippen molar-refractivity contribution in [2.75, 3.05) is 41.5 Å². The fourth-order valence-corrected chi connectivity index (χ4v) is 2.32. The van der Waals surface area contributed by atoms with Gasteiger partial charge in [0.2, 0.25) is 0 Å². The van der Waals surface area contributed by atoms with Crippen molar-refractivity contribution in [2.24, 2.45) is 0 Å². The zero-order valence-corrected chi connectivity index (χ0v) is 14.5. The van der Waals surface area contributed by atoms with E-state index < -0.39 is 0 Å². The Kier molecular flexibility index (Phi) is 6.21. The van der Waals surface area contributed by atoms with Crippen molar-refractivity contribution < 1.29 is 19.0 Å². The van der Waals surface area contributed by atoms with Gasteiger partial charge in [0.05, 0.1) is 19.8 Å². The Balaban J connectivity index is 2.34. The summed E-state index contributed by atoms with van der Waals surface area (Å²) in [6.07, 6.45) is 0.807. The molecule has 0 fully saturated rings. The van der Waals surface area contributed by atoms with Crippen LogP contribution in [0.4, 0.5) is 0 Å². The molecule has 128 valence electrons. The average Bonchev–Trinajstić information content (AvgIpc) is 2.61. The highest BCUT2D eigenvalue weighted by Gasteiger charge is 2.11. The van der Waals surface area contributed by atoms with Gasteiger partial charge in [-0.25, -0.2) is 0 Å². The zero-order chi connectivity index (χ0) is 17.5. The predicted molar refractivity (Wildman–Crippen MR) is 94.4 cm³/mol. The van der Waals surface area contributed by atoms with Gasteiger partial charge in [0, 0.05) is 12.1 Å². The Morgan fingerprint density at radius 1 is 1.00 bits per heavy atom. The number of benzene rings is 2. The van der Waals surface area contributed by atoms with Gasteiger partial charge in [0.1, 0.15) is 23.9 Å². The lowest BCUT2D eigenvalue weighted by atomic mass is 10.0. The second kappa shape index (κ2) is 8.36. The molecule has 5 heteroatoms. The van der Waals surface area contributed by atoms with Gasteiger partial charge in [-0.2, -0.15) is 0 Å². The molecule has 0 aromatic heterocycles. The monoisotopic (exact) mass is 329 g/mol. The van der Waals surface area contributed by atoms with Crippen LogP contribution in [-0.4, -0.2) is 52.7 Å². The fraction of sp³-hybridized carbons (Fsp3) is 0.316. The first-order valence-corrected chi connectivity index (χ1v) is 7.68. The summed E-state index contributed by atoms with van der Waals surface area (Å²) in [7, 11) is 7.18. The first-order valence-electron chi connectivity index (χ1n) is 7.68. The van der Waals surface area contributed by atoms with Crippen LogP contribution in [0.2, 0.25) is 0 Å². The lowest BCUT2D eigenvalue weighted by molar-refractivity contribution is 0.111. The van der Waals surface area contributed by atoms with Gasteiger partial charge in [0.25, 0.3) is 0 Å². The largest absolute Gasteiger partial charge is 0.497 e. The highest BCUT2D eigenvalue weighted by atomic mass is 16.5. The van der Waals surface area contributed by atoms with Gasteiger partial charge in [-0.05, 0) is 50.0 Å². The van der Waals surface area contributed by atoms with E-state index in [1.54, 1.807) is 20.3 Å². The molecule has 2 aromatic carbocycles. The van der Waals surface area contributed by atoms with Crippen molar-refractivity contribution >= 4 is 6.29 Å². The van der Waals surface area contributed by atoms with E-state index in [9.17, 15) is 4.79 Å². The third-order valence-electron chi connectivity index (χ3n) is 3.65. The second-order valence-corrected chi connectivity index (χ2v) is 5.59. The summed E-state index contributed by atoms with van der Waals surface area (Å²) in [4.78, 5) is 13.5. The molecule has 2 aromatic rings. The van der Waals surface area contributed by atoms with Crippen molar-refractivity contribution in [3.63, 3.8) is 0 Å². The van der Waals surface area contributed by atoms with Crippen molar-refractivity contribution in [3.8, 4) is 28.4 Å². The summed E-state index contributed by atoms with van der Waals surface area (Å²) >= 11 is 0. The van der Waals surface area contributed by atoms with Crippen LogP contribution in [0.15, 0.2) is 36.4 Å². The van der Waals surface area contributed by atoms with E-state index >= 15 is 0 Å². The first kappa shape index (κ1) is 17.8. The maximum atomic E-state index is 11.4. The Labute approximate surface area is 142 Å². The number of ether oxygens (including phenoxy) is 3. The lowest BCUT2D eigenvalue weighted by Gasteiger charge is -2.14. The molecule has 5 nitrogen and oxygen atoms in total. The zero-order valence-electron chi connectivity index (χ0n) is 14.5. The molecular weight excluding hydrogens is 306 g/mol. The van der Waals surface area contributed by atoms with Crippen molar-refractivity contribution in [2.45, 2.75) is 0 Å². The second-order valence-electron chi connectivity index (χ2n) is 5.59. The minimum Gasteiger partial charge on any atom is -0.497 e.